The minimum Gasteiger partial charge on any atom is -0.331 e. The number of amides is 2. The van der Waals surface area contributed by atoms with Crippen LogP contribution in [0.25, 0.3) is 0 Å². The molecule has 0 aliphatic carbocycles. The number of nitrogens with one attached hydrogen (secondary N) is 2. The number of carbonyl (C=O) groups is 1. The molecule has 0 bridgehead atoms. The van der Waals surface area contributed by atoms with Crippen LogP contribution in [0.4, 0.5) is 10.5 Å². The lowest BCUT2D eigenvalue weighted by Crippen LogP contribution is -2.31. The van der Waals surface area contributed by atoms with E-state index in [4.69, 9.17) is 0 Å². The van der Waals surface area contributed by atoms with Gasteiger partial charge in [0.2, 0.25) is 0 Å². The molecule has 1 aromatic carbocycles. The molecule has 5 heteroatoms. The van der Waals surface area contributed by atoms with Gasteiger partial charge in [-0.25, -0.2) is 4.79 Å². The molecule has 2 aromatic rings. The average molecular weight is 339 g/mol. The fourth-order valence-corrected chi connectivity index (χ4v) is 2.94. The molecular weight excluding hydrogens is 324 g/mol. The fraction of sp³-hybridized carbons (Fsp3) is 0.214. The van der Waals surface area contributed by atoms with E-state index in [2.05, 4.69) is 26.6 Å². The van der Waals surface area contributed by atoms with Crippen molar-refractivity contribution in [3.63, 3.8) is 0 Å². The molecule has 0 aliphatic heterocycles. The van der Waals surface area contributed by atoms with Crippen molar-refractivity contribution in [3.05, 3.63) is 50.6 Å². The summed E-state index contributed by atoms with van der Waals surface area (Å²) < 4.78 is 1.00. The van der Waals surface area contributed by atoms with E-state index >= 15 is 0 Å². The van der Waals surface area contributed by atoms with Crippen molar-refractivity contribution in [1.29, 1.82) is 0 Å². The molecule has 1 atom stereocenters. The summed E-state index contributed by atoms with van der Waals surface area (Å²) in [6.45, 7) is 3.93. The molecule has 1 heterocycles. The molecule has 1 unspecified atom stereocenters. The third-order valence-electron chi connectivity index (χ3n) is 2.75. The number of halogens is 1. The van der Waals surface area contributed by atoms with Crippen molar-refractivity contribution in [2.75, 3.05) is 5.32 Å². The van der Waals surface area contributed by atoms with Crippen molar-refractivity contribution in [2.24, 2.45) is 0 Å². The highest BCUT2D eigenvalue weighted by Gasteiger charge is 2.11. The Hall–Kier alpha value is -1.33. The van der Waals surface area contributed by atoms with Gasteiger partial charge in [0.1, 0.15) is 0 Å². The van der Waals surface area contributed by atoms with Gasteiger partial charge in [-0.3, -0.25) is 0 Å². The van der Waals surface area contributed by atoms with Crippen LogP contribution in [0.3, 0.4) is 0 Å². The van der Waals surface area contributed by atoms with E-state index in [1.807, 2.05) is 49.6 Å². The number of thiophene rings is 1. The van der Waals surface area contributed by atoms with Gasteiger partial charge < -0.3 is 10.6 Å². The van der Waals surface area contributed by atoms with Crippen molar-refractivity contribution in [2.45, 2.75) is 19.9 Å². The summed E-state index contributed by atoms with van der Waals surface area (Å²) in [5.41, 5.74) is 1.84. The van der Waals surface area contributed by atoms with Gasteiger partial charge in [-0.15, -0.1) is 11.3 Å². The molecular formula is C14H15BrN2OS. The normalized spacial score (nSPS) is 11.9. The molecule has 0 radical (unpaired) electrons. The van der Waals surface area contributed by atoms with Crippen LogP contribution in [0.15, 0.2) is 40.2 Å². The smallest absolute Gasteiger partial charge is 0.319 e. The quantitative estimate of drug-likeness (QED) is 0.836. The third kappa shape index (κ3) is 3.81. The SMILES string of the molecule is Cc1cc(Br)ccc1NC(=O)NC(C)c1cccs1. The maximum atomic E-state index is 11.9. The second-order valence-electron chi connectivity index (χ2n) is 4.29. The fourth-order valence-electron chi connectivity index (χ4n) is 1.73. The second-order valence-corrected chi connectivity index (χ2v) is 6.19. The van der Waals surface area contributed by atoms with Crippen LogP contribution in [-0.2, 0) is 0 Å². The summed E-state index contributed by atoms with van der Waals surface area (Å²) >= 11 is 5.04. The van der Waals surface area contributed by atoms with Gasteiger partial charge in [-0.05, 0) is 49.1 Å². The summed E-state index contributed by atoms with van der Waals surface area (Å²) in [7, 11) is 0. The number of benzene rings is 1. The van der Waals surface area contributed by atoms with Crippen molar-refractivity contribution in [3.8, 4) is 0 Å². The molecule has 2 rings (SSSR count). The molecule has 0 aliphatic rings. The van der Waals surface area contributed by atoms with E-state index < -0.39 is 0 Å². The molecule has 0 saturated heterocycles. The monoisotopic (exact) mass is 338 g/mol. The second kappa shape index (κ2) is 6.21. The van der Waals surface area contributed by atoms with Gasteiger partial charge >= 0.3 is 6.03 Å². The predicted octanol–water partition coefficient (Wildman–Crippen LogP) is 4.70. The topological polar surface area (TPSA) is 41.1 Å². The lowest BCUT2D eigenvalue weighted by Gasteiger charge is -2.14. The highest BCUT2D eigenvalue weighted by Crippen LogP contribution is 2.21. The molecule has 100 valence electrons. The lowest BCUT2D eigenvalue weighted by atomic mass is 10.2. The number of hydrogen-bond acceptors (Lipinski definition) is 2. The minimum atomic E-state index is -0.189. The minimum absolute atomic E-state index is 0.00996. The Balaban J connectivity index is 1.98. The zero-order valence-electron chi connectivity index (χ0n) is 10.7. The van der Waals surface area contributed by atoms with Gasteiger partial charge in [-0.1, -0.05) is 22.0 Å². The lowest BCUT2D eigenvalue weighted by molar-refractivity contribution is 0.249. The number of anilines is 1. The van der Waals surface area contributed by atoms with Crippen LogP contribution in [0.2, 0.25) is 0 Å². The Morgan fingerprint density at radius 2 is 2.16 bits per heavy atom. The summed E-state index contributed by atoms with van der Waals surface area (Å²) in [6.07, 6.45) is 0. The van der Waals surface area contributed by atoms with Crippen LogP contribution < -0.4 is 10.6 Å². The van der Waals surface area contributed by atoms with Crippen LogP contribution in [0.1, 0.15) is 23.4 Å². The molecule has 2 amide bonds. The van der Waals surface area contributed by atoms with E-state index in [0.29, 0.717) is 0 Å². The highest BCUT2D eigenvalue weighted by atomic mass is 79.9. The van der Waals surface area contributed by atoms with Crippen LogP contribution in [0, 0.1) is 6.92 Å². The Morgan fingerprint density at radius 1 is 1.37 bits per heavy atom. The zero-order valence-corrected chi connectivity index (χ0v) is 13.1. The standard InChI is InChI=1S/C14H15BrN2OS/c1-9-8-11(15)5-6-12(9)17-14(18)16-10(2)13-4-3-7-19-13/h3-8,10H,1-2H3,(H2,16,17,18). The zero-order chi connectivity index (χ0) is 13.8. The molecule has 0 spiro atoms. The van der Waals surface area contributed by atoms with Gasteiger partial charge in [0.15, 0.2) is 0 Å². The third-order valence-corrected chi connectivity index (χ3v) is 4.30. The van der Waals surface area contributed by atoms with Gasteiger partial charge in [0.25, 0.3) is 0 Å². The van der Waals surface area contributed by atoms with E-state index in [1.54, 1.807) is 11.3 Å². The van der Waals surface area contributed by atoms with Crippen molar-refractivity contribution < 1.29 is 4.79 Å². The summed E-state index contributed by atoms with van der Waals surface area (Å²) in [4.78, 5) is 13.1. The molecule has 19 heavy (non-hydrogen) atoms. The predicted molar refractivity (Wildman–Crippen MR) is 83.8 cm³/mol. The number of hydrogen-bond donors (Lipinski definition) is 2. The first-order valence-corrected chi connectivity index (χ1v) is 7.60. The first-order valence-electron chi connectivity index (χ1n) is 5.93. The van der Waals surface area contributed by atoms with E-state index in [0.717, 1.165) is 20.6 Å². The first-order chi connectivity index (χ1) is 9.06. The molecule has 0 fully saturated rings. The maximum Gasteiger partial charge on any atom is 0.319 e. The van der Waals surface area contributed by atoms with Crippen molar-refractivity contribution in [1.82, 2.24) is 5.32 Å². The van der Waals surface area contributed by atoms with Crippen LogP contribution in [-0.4, -0.2) is 6.03 Å². The Bertz CT molecular complexity index is 569. The molecule has 1 aromatic heterocycles. The van der Waals surface area contributed by atoms with E-state index in [1.165, 1.54) is 0 Å². The maximum absolute atomic E-state index is 11.9. The van der Waals surface area contributed by atoms with Gasteiger partial charge in [0, 0.05) is 15.0 Å². The highest BCUT2D eigenvalue weighted by molar-refractivity contribution is 9.10. The Labute approximate surface area is 125 Å². The average Bonchev–Trinajstić information content (AvgIpc) is 2.86. The van der Waals surface area contributed by atoms with Crippen LogP contribution >= 0.6 is 27.3 Å². The van der Waals surface area contributed by atoms with Crippen LogP contribution in [0.5, 0.6) is 0 Å². The molecule has 2 N–H and O–H groups in total. The number of aryl methyl sites for hydroxylation is 1. The largest absolute Gasteiger partial charge is 0.331 e. The summed E-state index contributed by atoms with van der Waals surface area (Å²) in [5.74, 6) is 0. The van der Waals surface area contributed by atoms with Gasteiger partial charge in [-0.2, -0.15) is 0 Å². The molecule has 0 saturated carbocycles. The Morgan fingerprint density at radius 3 is 2.79 bits per heavy atom. The number of carbonyl (C=O) groups excluding carboxylic acids is 1. The summed E-state index contributed by atoms with van der Waals surface area (Å²) in [6, 6.07) is 9.58. The Kier molecular flexibility index (Phi) is 4.61. The number of urea groups is 1. The summed E-state index contributed by atoms with van der Waals surface area (Å²) in [5, 5.41) is 7.79. The van der Waals surface area contributed by atoms with Crippen molar-refractivity contribution >= 4 is 39.0 Å². The number of rotatable bonds is 3. The first kappa shape index (κ1) is 14.1. The molecule has 3 nitrogen and oxygen atoms in total. The van der Waals surface area contributed by atoms with E-state index in [-0.39, 0.29) is 12.1 Å². The van der Waals surface area contributed by atoms with E-state index in [9.17, 15) is 4.79 Å². The van der Waals surface area contributed by atoms with Gasteiger partial charge in [0.05, 0.1) is 6.04 Å².